The Morgan fingerprint density at radius 2 is 2.64 bits per heavy atom. The highest BCUT2D eigenvalue weighted by Crippen LogP contribution is 1.93. The second kappa shape index (κ2) is 3.55. The van der Waals surface area contributed by atoms with Crippen LogP contribution in [0, 0.1) is 0 Å². The van der Waals surface area contributed by atoms with Gasteiger partial charge < -0.3 is 4.42 Å². The van der Waals surface area contributed by atoms with Crippen LogP contribution in [0.1, 0.15) is 12.7 Å². The van der Waals surface area contributed by atoms with Gasteiger partial charge in [-0.3, -0.25) is 4.79 Å². The van der Waals surface area contributed by atoms with Crippen LogP contribution in [0.4, 0.5) is 0 Å². The lowest BCUT2D eigenvalue weighted by atomic mass is 10.5. The van der Waals surface area contributed by atoms with Gasteiger partial charge in [0, 0.05) is 6.92 Å². The first-order valence-electron chi connectivity index (χ1n) is 3.12. The summed E-state index contributed by atoms with van der Waals surface area (Å²) in [5, 5.41) is 3.60. The maximum absolute atomic E-state index is 10.3. The normalized spacial score (nSPS) is 10.3. The first kappa shape index (κ1) is 7.53. The van der Waals surface area contributed by atoms with Gasteiger partial charge in [-0.1, -0.05) is 0 Å². The molecule has 0 fully saturated rings. The lowest BCUT2D eigenvalue weighted by molar-refractivity contribution is -0.118. The molecule has 4 heteroatoms. The number of nitrogens with one attached hydrogen (secondary N) is 1. The molecular formula is C7H8N2O2. The van der Waals surface area contributed by atoms with Crippen molar-refractivity contribution in [3.63, 3.8) is 0 Å². The van der Waals surface area contributed by atoms with E-state index in [0.717, 1.165) is 0 Å². The van der Waals surface area contributed by atoms with Gasteiger partial charge in [0.1, 0.15) is 5.76 Å². The van der Waals surface area contributed by atoms with Crippen LogP contribution >= 0.6 is 0 Å². The number of hydrogen-bond acceptors (Lipinski definition) is 3. The van der Waals surface area contributed by atoms with Crippen molar-refractivity contribution >= 4 is 12.1 Å². The molecule has 0 aromatic carbocycles. The zero-order valence-electron chi connectivity index (χ0n) is 6.07. The van der Waals surface area contributed by atoms with Crippen molar-refractivity contribution < 1.29 is 9.21 Å². The molecule has 0 spiro atoms. The zero-order valence-corrected chi connectivity index (χ0v) is 6.07. The lowest BCUT2D eigenvalue weighted by Crippen LogP contribution is -2.12. The minimum Gasteiger partial charge on any atom is -0.463 e. The Kier molecular flexibility index (Phi) is 2.43. The van der Waals surface area contributed by atoms with E-state index in [9.17, 15) is 4.79 Å². The van der Waals surface area contributed by atoms with Crippen molar-refractivity contribution in [1.29, 1.82) is 0 Å². The van der Waals surface area contributed by atoms with E-state index in [-0.39, 0.29) is 5.91 Å². The maximum Gasteiger partial charge on any atom is 0.236 e. The summed E-state index contributed by atoms with van der Waals surface area (Å²) in [4.78, 5) is 10.3. The molecule has 1 rings (SSSR count). The van der Waals surface area contributed by atoms with Crippen molar-refractivity contribution in [3.8, 4) is 0 Å². The van der Waals surface area contributed by atoms with Crippen molar-refractivity contribution in [3.05, 3.63) is 24.2 Å². The number of rotatable bonds is 2. The summed E-state index contributed by atoms with van der Waals surface area (Å²) in [6, 6.07) is 3.49. The van der Waals surface area contributed by atoms with Crippen molar-refractivity contribution in [2.75, 3.05) is 0 Å². The van der Waals surface area contributed by atoms with Gasteiger partial charge in [-0.25, -0.2) is 5.43 Å². The van der Waals surface area contributed by atoms with Gasteiger partial charge in [-0.2, -0.15) is 5.10 Å². The molecule has 0 saturated carbocycles. The molecule has 1 aromatic heterocycles. The highest BCUT2D eigenvalue weighted by atomic mass is 16.3. The average Bonchev–Trinajstić information content (AvgIpc) is 2.39. The topological polar surface area (TPSA) is 54.6 Å². The molecule has 11 heavy (non-hydrogen) atoms. The monoisotopic (exact) mass is 152 g/mol. The smallest absolute Gasteiger partial charge is 0.236 e. The van der Waals surface area contributed by atoms with Crippen LogP contribution in [0.15, 0.2) is 27.9 Å². The molecule has 1 N–H and O–H groups in total. The van der Waals surface area contributed by atoms with E-state index >= 15 is 0 Å². The van der Waals surface area contributed by atoms with Crippen LogP contribution < -0.4 is 5.43 Å². The summed E-state index contributed by atoms with van der Waals surface area (Å²) in [5.41, 5.74) is 2.25. The molecular weight excluding hydrogens is 144 g/mol. The van der Waals surface area contributed by atoms with E-state index in [1.807, 2.05) is 0 Å². The Morgan fingerprint density at radius 3 is 3.18 bits per heavy atom. The molecule has 0 aliphatic rings. The predicted octanol–water partition coefficient (Wildman–Crippen LogP) is 0.750. The Balaban J connectivity index is 2.43. The number of hydrazone groups is 1. The molecule has 0 bridgehead atoms. The van der Waals surface area contributed by atoms with Gasteiger partial charge in [0.15, 0.2) is 0 Å². The molecule has 0 aliphatic heterocycles. The third kappa shape index (κ3) is 2.66. The van der Waals surface area contributed by atoms with Crippen LogP contribution in [-0.4, -0.2) is 12.1 Å². The number of carbonyl (C=O) groups excluding carboxylic acids is 1. The zero-order chi connectivity index (χ0) is 8.10. The number of carbonyl (C=O) groups is 1. The largest absolute Gasteiger partial charge is 0.463 e. The lowest BCUT2D eigenvalue weighted by Gasteiger charge is -1.87. The fourth-order valence-electron chi connectivity index (χ4n) is 0.552. The van der Waals surface area contributed by atoms with E-state index in [0.29, 0.717) is 5.76 Å². The molecule has 58 valence electrons. The second-order valence-corrected chi connectivity index (χ2v) is 1.94. The summed E-state index contributed by atoms with van der Waals surface area (Å²) >= 11 is 0. The molecule has 0 radical (unpaired) electrons. The fourth-order valence-corrected chi connectivity index (χ4v) is 0.552. The average molecular weight is 152 g/mol. The first-order chi connectivity index (χ1) is 5.29. The van der Waals surface area contributed by atoms with Gasteiger partial charge in [0.25, 0.3) is 0 Å². The van der Waals surface area contributed by atoms with Crippen LogP contribution in [-0.2, 0) is 4.79 Å². The Morgan fingerprint density at radius 1 is 1.82 bits per heavy atom. The minimum atomic E-state index is -0.201. The Labute approximate surface area is 63.9 Å². The maximum atomic E-state index is 10.3. The van der Waals surface area contributed by atoms with Crippen LogP contribution in [0.3, 0.4) is 0 Å². The van der Waals surface area contributed by atoms with Crippen molar-refractivity contribution in [1.82, 2.24) is 5.43 Å². The molecule has 1 heterocycles. The molecule has 0 aliphatic carbocycles. The highest BCUT2D eigenvalue weighted by Gasteiger charge is 1.87. The van der Waals surface area contributed by atoms with E-state index in [1.54, 1.807) is 12.1 Å². The molecule has 1 amide bonds. The van der Waals surface area contributed by atoms with Gasteiger partial charge in [-0.15, -0.1) is 0 Å². The predicted molar refractivity (Wildman–Crippen MR) is 40.1 cm³/mol. The van der Waals surface area contributed by atoms with Gasteiger partial charge in [0.05, 0.1) is 12.5 Å². The van der Waals surface area contributed by atoms with E-state index in [2.05, 4.69) is 10.5 Å². The van der Waals surface area contributed by atoms with Crippen molar-refractivity contribution in [2.45, 2.75) is 6.92 Å². The summed E-state index contributed by atoms with van der Waals surface area (Å²) in [7, 11) is 0. The summed E-state index contributed by atoms with van der Waals surface area (Å²) in [6.07, 6.45) is 2.97. The second-order valence-electron chi connectivity index (χ2n) is 1.94. The van der Waals surface area contributed by atoms with Crippen LogP contribution in [0.5, 0.6) is 0 Å². The number of furan rings is 1. The third-order valence-corrected chi connectivity index (χ3v) is 0.957. The summed E-state index contributed by atoms with van der Waals surface area (Å²) in [6.45, 7) is 1.39. The standard InChI is InChI=1S/C7H8N2O2/c1-6(10)9-8-5-7-3-2-4-11-7/h2-5H,1H3,(H,9,10)/b8-5+. The van der Waals surface area contributed by atoms with Gasteiger partial charge in [-0.05, 0) is 12.1 Å². The van der Waals surface area contributed by atoms with Crippen LogP contribution in [0.25, 0.3) is 0 Å². The molecule has 1 aromatic rings. The fraction of sp³-hybridized carbons (Fsp3) is 0.143. The molecule has 0 atom stereocenters. The van der Waals surface area contributed by atoms with E-state index < -0.39 is 0 Å². The van der Waals surface area contributed by atoms with Crippen molar-refractivity contribution in [2.24, 2.45) is 5.10 Å². The third-order valence-electron chi connectivity index (χ3n) is 0.957. The van der Waals surface area contributed by atoms with Crippen LogP contribution in [0.2, 0.25) is 0 Å². The SMILES string of the molecule is CC(=O)N/N=C/c1ccco1. The van der Waals surface area contributed by atoms with E-state index in [4.69, 9.17) is 4.42 Å². The first-order valence-corrected chi connectivity index (χ1v) is 3.12. The minimum absolute atomic E-state index is 0.201. The number of nitrogens with zero attached hydrogens (tertiary/aromatic N) is 1. The number of amides is 1. The number of hydrogen-bond donors (Lipinski definition) is 1. The molecule has 0 unspecified atom stereocenters. The summed E-state index contributed by atoms with van der Waals surface area (Å²) < 4.78 is 4.91. The Bertz CT molecular complexity index is 251. The van der Waals surface area contributed by atoms with E-state index in [1.165, 1.54) is 19.4 Å². The molecule has 4 nitrogen and oxygen atoms in total. The Hall–Kier alpha value is -1.58. The van der Waals surface area contributed by atoms with Gasteiger partial charge in [0.2, 0.25) is 5.91 Å². The quantitative estimate of drug-likeness (QED) is 0.502. The molecule has 0 saturated heterocycles. The van der Waals surface area contributed by atoms with Gasteiger partial charge >= 0.3 is 0 Å². The highest BCUT2D eigenvalue weighted by molar-refractivity contribution is 5.78. The summed E-state index contributed by atoms with van der Waals surface area (Å²) in [5.74, 6) is 0.409.